The van der Waals surface area contributed by atoms with Gasteiger partial charge in [0.2, 0.25) is 0 Å². The maximum atomic E-state index is 3.89. The third kappa shape index (κ3) is 2.64. The van der Waals surface area contributed by atoms with Gasteiger partial charge in [-0.15, -0.1) is 5.10 Å². The van der Waals surface area contributed by atoms with Crippen LogP contribution in [0, 0.1) is 0 Å². The first kappa shape index (κ1) is 11.6. The Morgan fingerprint density at radius 3 is 2.53 bits per heavy atom. The van der Waals surface area contributed by atoms with Gasteiger partial charge in [-0.1, -0.05) is 49.4 Å². The molecule has 0 bridgehead atoms. The van der Waals surface area contributed by atoms with Crippen molar-refractivity contribution in [2.45, 2.75) is 19.3 Å². The number of hydrogen-bond donors (Lipinski definition) is 1. The predicted molar refractivity (Wildman–Crippen MR) is 69.0 cm³/mol. The molecule has 0 radical (unpaired) electrons. The molecule has 2 rings (SSSR count). The summed E-state index contributed by atoms with van der Waals surface area (Å²) in [7, 11) is 1.88. The van der Waals surface area contributed by atoms with Crippen LogP contribution in [-0.2, 0) is 12.5 Å². The van der Waals surface area contributed by atoms with Crippen LogP contribution >= 0.6 is 0 Å². The van der Waals surface area contributed by atoms with Crippen LogP contribution in [-0.4, -0.2) is 21.5 Å². The Labute approximate surface area is 102 Å². The van der Waals surface area contributed by atoms with Gasteiger partial charge in [-0.2, -0.15) is 0 Å². The second-order valence-corrected chi connectivity index (χ2v) is 4.85. The summed E-state index contributed by atoms with van der Waals surface area (Å²) in [6, 6.07) is 10.5. The summed E-state index contributed by atoms with van der Waals surface area (Å²) in [6.45, 7) is 5.29. The number of rotatable bonds is 4. The Morgan fingerprint density at radius 1 is 1.24 bits per heavy atom. The van der Waals surface area contributed by atoms with Gasteiger partial charge in [-0.05, 0) is 5.56 Å². The Bertz CT molecular complexity index is 473. The van der Waals surface area contributed by atoms with E-state index in [-0.39, 0.29) is 5.41 Å². The van der Waals surface area contributed by atoms with E-state index < -0.39 is 0 Å². The van der Waals surface area contributed by atoms with Crippen molar-refractivity contribution in [3.05, 3.63) is 42.1 Å². The van der Waals surface area contributed by atoms with Crippen molar-refractivity contribution in [3.8, 4) is 0 Å². The molecule has 0 saturated heterocycles. The van der Waals surface area contributed by atoms with E-state index in [1.165, 1.54) is 5.56 Å². The van der Waals surface area contributed by atoms with E-state index in [0.717, 1.165) is 12.4 Å². The molecule has 17 heavy (non-hydrogen) atoms. The molecule has 1 heterocycles. The van der Waals surface area contributed by atoms with Crippen LogP contribution in [0.2, 0.25) is 0 Å². The van der Waals surface area contributed by atoms with Gasteiger partial charge in [0.1, 0.15) is 5.82 Å². The van der Waals surface area contributed by atoms with Crippen LogP contribution in [0.3, 0.4) is 0 Å². The molecule has 90 valence electrons. The normalized spacial score (nSPS) is 11.5. The van der Waals surface area contributed by atoms with E-state index in [0.29, 0.717) is 0 Å². The lowest BCUT2D eigenvalue weighted by Gasteiger charge is -2.25. The molecule has 0 unspecified atom stereocenters. The lowest BCUT2D eigenvalue weighted by atomic mass is 9.85. The summed E-state index contributed by atoms with van der Waals surface area (Å²) in [5.41, 5.74) is 1.40. The third-order valence-electron chi connectivity index (χ3n) is 2.98. The molecule has 4 nitrogen and oxygen atoms in total. The van der Waals surface area contributed by atoms with Gasteiger partial charge in [-0.25, -0.2) is 4.68 Å². The average molecular weight is 230 g/mol. The topological polar surface area (TPSA) is 42.7 Å². The van der Waals surface area contributed by atoms with Crippen molar-refractivity contribution < 1.29 is 0 Å². The van der Waals surface area contributed by atoms with Crippen LogP contribution in [0.5, 0.6) is 0 Å². The van der Waals surface area contributed by atoms with Crippen LogP contribution in [0.15, 0.2) is 36.5 Å². The zero-order valence-electron chi connectivity index (χ0n) is 10.5. The molecule has 2 aromatic rings. The minimum absolute atomic E-state index is 0.0749. The molecule has 0 spiro atoms. The number of aromatic nitrogens is 3. The number of benzene rings is 1. The zero-order valence-corrected chi connectivity index (χ0v) is 10.5. The minimum Gasteiger partial charge on any atom is -0.368 e. The van der Waals surface area contributed by atoms with Gasteiger partial charge in [0, 0.05) is 19.0 Å². The standard InChI is InChI=1S/C13H18N4/c1-13(2,11-7-5-4-6-8-11)10-14-12-9-15-16-17(12)3/h4-9,14H,10H2,1-3H3. The summed E-state index contributed by atoms with van der Waals surface area (Å²) in [5.74, 6) is 0.939. The van der Waals surface area contributed by atoms with E-state index >= 15 is 0 Å². The van der Waals surface area contributed by atoms with Gasteiger partial charge in [-0.3, -0.25) is 0 Å². The van der Waals surface area contributed by atoms with Gasteiger partial charge in [0.05, 0.1) is 6.20 Å². The molecular weight excluding hydrogens is 212 g/mol. The second kappa shape index (κ2) is 4.57. The predicted octanol–water partition coefficient (Wildman–Crippen LogP) is 2.20. The van der Waals surface area contributed by atoms with E-state index in [1.54, 1.807) is 10.9 Å². The van der Waals surface area contributed by atoms with Gasteiger partial charge in [0.15, 0.2) is 0 Å². The highest BCUT2D eigenvalue weighted by Gasteiger charge is 2.20. The molecule has 0 amide bonds. The van der Waals surface area contributed by atoms with Gasteiger partial charge in [0.25, 0.3) is 0 Å². The summed E-state index contributed by atoms with van der Waals surface area (Å²) in [5, 5.41) is 11.1. The highest BCUT2D eigenvalue weighted by molar-refractivity contribution is 5.34. The largest absolute Gasteiger partial charge is 0.368 e. The highest BCUT2D eigenvalue weighted by atomic mass is 15.4. The van der Waals surface area contributed by atoms with Gasteiger partial charge < -0.3 is 5.32 Å². The molecule has 0 saturated carbocycles. The van der Waals surface area contributed by atoms with Crippen molar-refractivity contribution in [2.24, 2.45) is 7.05 Å². The Hall–Kier alpha value is -1.84. The number of nitrogens with one attached hydrogen (secondary N) is 1. The lowest BCUT2D eigenvalue weighted by molar-refractivity contribution is 0.553. The maximum Gasteiger partial charge on any atom is 0.144 e. The van der Waals surface area contributed by atoms with E-state index in [4.69, 9.17) is 0 Å². The molecular formula is C13H18N4. The first-order chi connectivity index (χ1) is 8.09. The van der Waals surface area contributed by atoms with Crippen molar-refractivity contribution >= 4 is 5.82 Å². The summed E-state index contributed by atoms with van der Waals surface area (Å²) in [4.78, 5) is 0. The van der Waals surface area contributed by atoms with Crippen LogP contribution in [0.25, 0.3) is 0 Å². The highest BCUT2D eigenvalue weighted by Crippen LogP contribution is 2.23. The molecule has 4 heteroatoms. The number of hydrogen-bond acceptors (Lipinski definition) is 3. The fraction of sp³-hybridized carbons (Fsp3) is 0.385. The Kier molecular flexibility index (Phi) is 3.13. The Balaban J connectivity index is 2.06. The molecule has 0 fully saturated rings. The SMILES string of the molecule is Cn1nncc1NCC(C)(C)c1ccccc1. The summed E-state index contributed by atoms with van der Waals surface area (Å²) >= 11 is 0. The van der Waals surface area contributed by atoms with E-state index in [9.17, 15) is 0 Å². The zero-order chi connectivity index (χ0) is 12.3. The second-order valence-electron chi connectivity index (χ2n) is 4.85. The number of anilines is 1. The smallest absolute Gasteiger partial charge is 0.144 e. The number of nitrogens with zero attached hydrogens (tertiary/aromatic N) is 3. The lowest BCUT2D eigenvalue weighted by Crippen LogP contribution is -2.28. The summed E-state index contributed by atoms with van der Waals surface area (Å²) < 4.78 is 1.74. The monoisotopic (exact) mass is 230 g/mol. The first-order valence-electron chi connectivity index (χ1n) is 5.74. The third-order valence-corrected chi connectivity index (χ3v) is 2.98. The number of aryl methyl sites for hydroxylation is 1. The fourth-order valence-electron chi connectivity index (χ4n) is 1.75. The molecule has 1 N–H and O–H groups in total. The van der Waals surface area contributed by atoms with Crippen molar-refractivity contribution in [1.82, 2.24) is 15.0 Å². The molecule has 0 atom stereocenters. The van der Waals surface area contributed by atoms with Crippen LogP contribution in [0.1, 0.15) is 19.4 Å². The molecule has 0 aliphatic carbocycles. The van der Waals surface area contributed by atoms with Crippen LogP contribution < -0.4 is 5.32 Å². The average Bonchev–Trinajstić information content (AvgIpc) is 2.74. The quantitative estimate of drug-likeness (QED) is 0.875. The van der Waals surface area contributed by atoms with Crippen molar-refractivity contribution in [1.29, 1.82) is 0 Å². The van der Waals surface area contributed by atoms with Gasteiger partial charge >= 0.3 is 0 Å². The fourth-order valence-corrected chi connectivity index (χ4v) is 1.75. The van der Waals surface area contributed by atoms with Crippen molar-refractivity contribution in [2.75, 3.05) is 11.9 Å². The minimum atomic E-state index is 0.0749. The van der Waals surface area contributed by atoms with E-state index in [2.05, 4.69) is 53.7 Å². The first-order valence-corrected chi connectivity index (χ1v) is 5.74. The van der Waals surface area contributed by atoms with Crippen LogP contribution in [0.4, 0.5) is 5.82 Å². The van der Waals surface area contributed by atoms with E-state index in [1.807, 2.05) is 13.1 Å². The molecule has 1 aromatic heterocycles. The summed E-state index contributed by atoms with van der Waals surface area (Å²) in [6.07, 6.45) is 1.74. The van der Waals surface area contributed by atoms with Crippen molar-refractivity contribution in [3.63, 3.8) is 0 Å². The molecule has 0 aliphatic heterocycles. The Morgan fingerprint density at radius 2 is 1.94 bits per heavy atom. The maximum absolute atomic E-state index is 3.89. The molecule has 0 aliphatic rings. The molecule has 1 aromatic carbocycles.